The molecule has 0 aliphatic carbocycles. The van der Waals surface area contributed by atoms with E-state index in [9.17, 15) is 4.21 Å². The Hall–Kier alpha value is -1.43. The lowest BCUT2D eigenvalue weighted by Gasteiger charge is -2.15. The van der Waals surface area contributed by atoms with Crippen LogP contribution in [0.3, 0.4) is 0 Å². The van der Waals surface area contributed by atoms with Gasteiger partial charge in [0.2, 0.25) is 0 Å². The summed E-state index contributed by atoms with van der Waals surface area (Å²) in [7, 11) is 0.680. The minimum Gasteiger partial charge on any atom is -0.489 e. The number of nitrogens with one attached hydrogen (secondary N) is 1. The lowest BCUT2D eigenvalue weighted by atomic mass is 9.98. The summed E-state index contributed by atoms with van der Waals surface area (Å²) in [6, 6.07) is 16.1. The fraction of sp³-hybridized carbons (Fsp3) is 0.263. The van der Waals surface area contributed by atoms with Crippen LogP contribution in [0.25, 0.3) is 0 Å². The molecular weight excluding hydrogens is 386 g/mol. The molecule has 5 heteroatoms. The van der Waals surface area contributed by atoms with E-state index in [0.29, 0.717) is 12.4 Å². The average Bonchev–Trinajstić information content (AvgIpc) is 2.60. The highest BCUT2D eigenvalue weighted by molar-refractivity contribution is 9.10. The Morgan fingerprint density at radius 2 is 2.04 bits per heavy atom. The molecular formula is C19H22BrNO2S. The van der Waals surface area contributed by atoms with Gasteiger partial charge in [-0.1, -0.05) is 46.3 Å². The van der Waals surface area contributed by atoms with Crippen molar-refractivity contribution in [1.29, 1.82) is 0 Å². The number of halogens is 1. The van der Waals surface area contributed by atoms with Crippen LogP contribution >= 0.6 is 15.9 Å². The van der Waals surface area contributed by atoms with Crippen molar-refractivity contribution in [1.82, 2.24) is 4.72 Å². The Balaban J connectivity index is 2.00. The van der Waals surface area contributed by atoms with Crippen LogP contribution in [0.5, 0.6) is 5.75 Å². The Labute approximate surface area is 154 Å². The summed E-state index contributed by atoms with van der Waals surface area (Å²) in [6.45, 7) is 4.33. The largest absolute Gasteiger partial charge is 0.489 e. The van der Waals surface area contributed by atoms with Crippen LogP contribution < -0.4 is 9.46 Å². The fourth-order valence-corrected chi connectivity index (χ4v) is 3.70. The zero-order valence-electron chi connectivity index (χ0n) is 13.7. The van der Waals surface area contributed by atoms with Crippen molar-refractivity contribution in [2.24, 2.45) is 0 Å². The SMILES string of the molecule is C=CCC(CS(=O)NC)c1ccc(OCc2cccc(Br)c2)cc1. The van der Waals surface area contributed by atoms with E-state index in [1.807, 2.05) is 54.6 Å². The second-order valence-corrected chi connectivity index (χ2v) is 7.77. The van der Waals surface area contributed by atoms with Crippen LogP contribution in [0.2, 0.25) is 0 Å². The van der Waals surface area contributed by atoms with Crippen molar-refractivity contribution < 1.29 is 8.95 Å². The summed E-state index contributed by atoms with van der Waals surface area (Å²) >= 11 is 3.46. The minimum atomic E-state index is -1.03. The Bertz CT molecular complexity index is 688. The summed E-state index contributed by atoms with van der Waals surface area (Å²) in [5.74, 6) is 1.58. The van der Waals surface area contributed by atoms with E-state index < -0.39 is 11.0 Å². The molecule has 24 heavy (non-hydrogen) atoms. The van der Waals surface area contributed by atoms with Crippen LogP contribution in [-0.4, -0.2) is 17.0 Å². The van der Waals surface area contributed by atoms with Crippen LogP contribution in [-0.2, 0) is 17.6 Å². The molecule has 2 unspecified atom stereocenters. The molecule has 0 aliphatic rings. The molecule has 2 aromatic rings. The smallest absolute Gasteiger partial charge is 0.119 e. The zero-order chi connectivity index (χ0) is 17.4. The minimum absolute atomic E-state index is 0.190. The van der Waals surface area contributed by atoms with Crippen LogP contribution in [0, 0.1) is 0 Å². The standard InChI is InChI=1S/C19H22BrNO2S/c1-3-5-17(14-24(22)21-2)16-8-10-19(11-9-16)23-13-15-6-4-7-18(20)12-15/h3-4,6-12,17,21H,1,5,13-14H2,2H3. The number of allylic oxidation sites excluding steroid dienone is 1. The molecule has 0 fully saturated rings. The molecule has 2 rings (SSSR count). The zero-order valence-corrected chi connectivity index (χ0v) is 16.1. The van der Waals surface area contributed by atoms with Crippen LogP contribution in [0.15, 0.2) is 65.7 Å². The molecule has 0 aliphatic heterocycles. The number of hydrogen-bond donors (Lipinski definition) is 1. The van der Waals surface area contributed by atoms with Crippen molar-refractivity contribution >= 4 is 26.9 Å². The maximum absolute atomic E-state index is 11.8. The van der Waals surface area contributed by atoms with Gasteiger partial charge in [0, 0.05) is 16.1 Å². The summed E-state index contributed by atoms with van der Waals surface area (Å²) in [5.41, 5.74) is 2.26. The van der Waals surface area contributed by atoms with E-state index in [1.165, 1.54) is 0 Å². The van der Waals surface area contributed by atoms with E-state index in [2.05, 4.69) is 27.2 Å². The molecule has 0 amide bonds. The molecule has 0 spiro atoms. The van der Waals surface area contributed by atoms with Crippen molar-refractivity contribution in [2.75, 3.05) is 12.8 Å². The van der Waals surface area contributed by atoms with Gasteiger partial charge in [-0.25, -0.2) is 8.93 Å². The molecule has 128 valence electrons. The van der Waals surface area contributed by atoms with E-state index in [0.717, 1.165) is 27.8 Å². The molecule has 1 N–H and O–H groups in total. The maximum Gasteiger partial charge on any atom is 0.119 e. The molecule has 0 aromatic heterocycles. The molecule has 0 radical (unpaired) electrons. The van der Waals surface area contributed by atoms with Crippen molar-refractivity contribution in [3.8, 4) is 5.75 Å². The van der Waals surface area contributed by atoms with Crippen LogP contribution in [0.1, 0.15) is 23.5 Å². The second kappa shape index (κ2) is 9.77. The number of benzene rings is 2. The Morgan fingerprint density at radius 3 is 2.67 bits per heavy atom. The van der Waals surface area contributed by atoms with Crippen LogP contribution in [0.4, 0.5) is 0 Å². The van der Waals surface area contributed by atoms with Gasteiger partial charge in [0.05, 0.1) is 11.0 Å². The van der Waals surface area contributed by atoms with Gasteiger partial charge < -0.3 is 4.74 Å². The highest BCUT2D eigenvalue weighted by Crippen LogP contribution is 2.24. The maximum atomic E-state index is 11.8. The third kappa shape index (κ3) is 5.89. The fourth-order valence-electron chi connectivity index (χ4n) is 2.40. The lowest BCUT2D eigenvalue weighted by molar-refractivity contribution is 0.306. The lowest BCUT2D eigenvalue weighted by Crippen LogP contribution is -2.19. The molecule has 0 heterocycles. The van der Waals surface area contributed by atoms with E-state index in [1.54, 1.807) is 7.05 Å². The monoisotopic (exact) mass is 407 g/mol. The first-order valence-corrected chi connectivity index (χ1v) is 9.87. The molecule has 0 bridgehead atoms. The highest BCUT2D eigenvalue weighted by atomic mass is 79.9. The predicted molar refractivity (Wildman–Crippen MR) is 105 cm³/mol. The Kier molecular flexibility index (Phi) is 7.69. The predicted octanol–water partition coefficient (Wildman–Crippen LogP) is 4.57. The summed E-state index contributed by atoms with van der Waals surface area (Å²) in [4.78, 5) is 0. The third-order valence-corrected chi connectivity index (χ3v) is 5.33. The van der Waals surface area contributed by atoms with Crippen molar-refractivity contribution in [3.63, 3.8) is 0 Å². The first-order valence-electron chi connectivity index (χ1n) is 7.76. The Morgan fingerprint density at radius 1 is 1.29 bits per heavy atom. The molecule has 0 saturated heterocycles. The quantitative estimate of drug-likeness (QED) is 0.618. The van der Waals surface area contributed by atoms with E-state index in [-0.39, 0.29) is 5.92 Å². The summed E-state index contributed by atoms with van der Waals surface area (Å²) < 4.78 is 21.4. The molecule has 3 nitrogen and oxygen atoms in total. The van der Waals surface area contributed by atoms with Gasteiger partial charge in [-0.3, -0.25) is 0 Å². The topological polar surface area (TPSA) is 38.3 Å². The van der Waals surface area contributed by atoms with Gasteiger partial charge >= 0.3 is 0 Å². The third-order valence-electron chi connectivity index (χ3n) is 3.68. The van der Waals surface area contributed by atoms with Gasteiger partial charge in [0.1, 0.15) is 12.4 Å². The van der Waals surface area contributed by atoms with Gasteiger partial charge in [0.15, 0.2) is 0 Å². The number of rotatable bonds is 9. The van der Waals surface area contributed by atoms with Crippen molar-refractivity contribution in [3.05, 3.63) is 76.8 Å². The van der Waals surface area contributed by atoms with Gasteiger partial charge in [0.25, 0.3) is 0 Å². The van der Waals surface area contributed by atoms with E-state index in [4.69, 9.17) is 4.74 Å². The molecule has 2 aromatic carbocycles. The summed E-state index contributed by atoms with van der Waals surface area (Å²) in [6.07, 6.45) is 2.67. The summed E-state index contributed by atoms with van der Waals surface area (Å²) in [5, 5.41) is 0. The first kappa shape index (κ1) is 18.9. The normalized spacial score (nSPS) is 13.2. The molecule has 0 saturated carbocycles. The second-order valence-electron chi connectivity index (χ2n) is 5.43. The van der Waals surface area contributed by atoms with Gasteiger partial charge in [-0.2, -0.15) is 0 Å². The van der Waals surface area contributed by atoms with E-state index >= 15 is 0 Å². The first-order chi connectivity index (χ1) is 11.6. The number of ether oxygens (including phenoxy) is 1. The van der Waals surface area contributed by atoms with Gasteiger partial charge in [-0.05, 0) is 48.9 Å². The van der Waals surface area contributed by atoms with Gasteiger partial charge in [-0.15, -0.1) is 6.58 Å². The highest BCUT2D eigenvalue weighted by Gasteiger charge is 2.13. The molecule has 2 atom stereocenters. The average molecular weight is 408 g/mol. The van der Waals surface area contributed by atoms with Crippen molar-refractivity contribution in [2.45, 2.75) is 18.9 Å². The number of hydrogen-bond acceptors (Lipinski definition) is 2.